The summed E-state index contributed by atoms with van der Waals surface area (Å²) in [6.45, 7) is 10.0. The van der Waals surface area contributed by atoms with Gasteiger partial charge in [0, 0.05) is 44.4 Å². The first kappa shape index (κ1) is 21.2. The number of amides is 2. The molecule has 2 aliphatic heterocycles. The van der Waals surface area contributed by atoms with E-state index in [0.29, 0.717) is 19.0 Å². The Kier molecular flexibility index (Phi) is 6.20. The molecule has 0 aliphatic carbocycles. The molecule has 2 aliphatic rings. The Balaban J connectivity index is 1.74. The Morgan fingerprint density at radius 2 is 1.79 bits per heavy atom. The van der Waals surface area contributed by atoms with E-state index in [9.17, 15) is 9.59 Å². The molecule has 1 aromatic rings. The average Bonchev–Trinajstić information content (AvgIpc) is 2.67. The predicted octanol–water partition coefficient (Wildman–Crippen LogP) is 4.02. The van der Waals surface area contributed by atoms with Gasteiger partial charge in [0.05, 0.1) is 0 Å². The Bertz CT molecular complexity index is 802. The van der Waals surface area contributed by atoms with E-state index in [4.69, 9.17) is 10.5 Å². The van der Waals surface area contributed by atoms with Crippen LogP contribution in [0.3, 0.4) is 0 Å². The SMILES string of the molecule is CC(=O)N1CCC(c2ccc(N)c(C3=CCCN(C(=O)OC(C)(C)C)C3)c2)CC1. The van der Waals surface area contributed by atoms with Gasteiger partial charge in [-0.25, -0.2) is 4.79 Å². The number of hydrogen-bond acceptors (Lipinski definition) is 4. The van der Waals surface area contributed by atoms with Crippen molar-refractivity contribution in [3.8, 4) is 0 Å². The highest BCUT2D eigenvalue weighted by molar-refractivity contribution is 5.80. The standard InChI is InChI=1S/C23H33N3O3/c1-16(27)25-12-9-17(10-13-25)18-7-8-21(24)20(14-18)19-6-5-11-26(15-19)22(28)29-23(2,3)4/h6-8,14,17H,5,9-13,15,24H2,1-4H3. The fourth-order valence-corrected chi connectivity index (χ4v) is 4.05. The molecule has 1 saturated heterocycles. The molecule has 29 heavy (non-hydrogen) atoms. The van der Waals surface area contributed by atoms with Crippen molar-refractivity contribution in [2.75, 3.05) is 31.9 Å². The summed E-state index contributed by atoms with van der Waals surface area (Å²) >= 11 is 0. The zero-order chi connectivity index (χ0) is 21.2. The van der Waals surface area contributed by atoms with Crippen molar-refractivity contribution in [1.82, 2.24) is 9.80 Å². The first-order valence-electron chi connectivity index (χ1n) is 10.5. The van der Waals surface area contributed by atoms with Gasteiger partial charge in [-0.2, -0.15) is 0 Å². The maximum Gasteiger partial charge on any atom is 0.410 e. The van der Waals surface area contributed by atoms with Crippen LogP contribution in [-0.2, 0) is 9.53 Å². The van der Waals surface area contributed by atoms with Crippen LogP contribution in [0.25, 0.3) is 5.57 Å². The van der Waals surface area contributed by atoms with E-state index < -0.39 is 5.60 Å². The third-order valence-corrected chi connectivity index (χ3v) is 5.64. The monoisotopic (exact) mass is 399 g/mol. The Labute approximate surface area is 173 Å². The van der Waals surface area contributed by atoms with Gasteiger partial charge >= 0.3 is 6.09 Å². The van der Waals surface area contributed by atoms with Crippen LogP contribution >= 0.6 is 0 Å². The molecule has 158 valence electrons. The number of carbonyl (C=O) groups is 2. The number of anilines is 1. The summed E-state index contributed by atoms with van der Waals surface area (Å²) in [5.74, 6) is 0.576. The lowest BCUT2D eigenvalue weighted by Gasteiger charge is -2.32. The van der Waals surface area contributed by atoms with Crippen LogP contribution in [0.4, 0.5) is 10.5 Å². The van der Waals surface area contributed by atoms with E-state index in [1.54, 1.807) is 11.8 Å². The summed E-state index contributed by atoms with van der Waals surface area (Å²) in [6, 6.07) is 6.24. The van der Waals surface area contributed by atoms with Crippen LogP contribution in [0, 0.1) is 0 Å². The van der Waals surface area contributed by atoms with Gasteiger partial charge in [-0.15, -0.1) is 0 Å². The van der Waals surface area contributed by atoms with Crippen molar-refractivity contribution in [3.05, 3.63) is 35.4 Å². The van der Waals surface area contributed by atoms with Gasteiger partial charge in [0.15, 0.2) is 0 Å². The minimum Gasteiger partial charge on any atom is -0.444 e. The Morgan fingerprint density at radius 3 is 2.41 bits per heavy atom. The van der Waals surface area contributed by atoms with Gasteiger partial charge in [-0.1, -0.05) is 12.1 Å². The molecule has 0 saturated carbocycles. The fraction of sp³-hybridized carbons (Fsp3) is 0.565. The summed E-state index contributed by atoms with van der Waals surface area (Å²) < 4.78 is 5.54. The molecule has 0 unspecified atom stereocenters. The number of nitrogens with two attached hydrogens (primary N) is 1. The number of piperidine rings is 1. The van der Waals surface area contributed by atoms with Gasteiger partial charge in [-0.3, -0.25) is 4.79 Å². The number of ether oxygens (including phenoxy) is 1. The van der Waals surface area contributed by atoms with Crippen LogP contribution in [0.2, 0.25) is 0 Å². The maximum absolute atomic E-state index is 12.5. The summed E-state index contributed by atoms with van der Waals surface area (Å²) in [7, 11) is 0. The first-order chi connectivity index (χ1) is 13.6. The van der Waals surface area contributed by atoms with E-state index in [0.717, 1.165) is 49.2 Å². The smallest absolute Gasteiger partial charge is 0.410 e. The normalized spacial score (nSPS) is 18.4. The number of nitrogen functional groups attached to an aromatic ring is 1. The van der Waals surface area contributed by atoms with Crippen molar-refractivity contribution >= 4 is 23.3 Å². The number of benzene rings is 1. The largest absolute Gasteiger partial charge is 0.444 e. The van der Waals surface area contributed by atoms with Crippen molar-refractivity contribution in [2.24, 2.45) is 0 Å². The Hall–Kier alpha value is -2.50. The van der Waals surface area contributed by atoms with Crippen LogP contribution in [-0.4, -0.2) is 53.6 Å². The molecule has 6 nitrogen and oxygen atoms in total. The number of likely N-dealkylation sites (tertiary alicyclic amines) is 1. The van der Waals surface area contributed by atoms with Gasteiger partial charge < -0.3 is 20.3 Å². The van der Waals surface area contributed by atoms with Gasteiger partial charge in [-0.05, 0) is 69.2 Å². The van der Waals surface area contributed by atoms with E-state index in [-0.39, 0.29) is 12.0 Å². The van der Waals surface area contributed by atoms with Gasteiger partial charge in [0.1, 0.15) is 5.60 Å². The Morgan fingerprint density at radius 1 is 1.10 bits per heavy atom. The molecule has 1 aromatic carbocycles. The lowest BCUT2D eigenvalue weighted by Crippen LogP contribution is -2.39. The van der Waals surface area contributed by atoms with Crippen LogP contribution in [0.1, 0.15) is 64.0 Å². The summed E-state index contributed by atoms with van der Waals surface area (Å²) in [5, 5.41) is 0. The van der Waals surface area contributed by atoms with E-state index >= 15 is 0 Å². The molecule has 0 aromatic heterocycles. The van der Waals surface area contributed by atoms with Crippen molar-refractivity contribution in [1.29, 1.82) is 0 Å². The van der Waals surface area contributed by atoms with Crippen molar-refractivity contribution in [2.45, 2.75) is 58.5 Å². The molecule has 2 heterocycles. The molecule has 2 N–H and O–H groups in total. The third-order valence-electron chi connectivity index (χ3n) is 5.64. The summed E-state index contributed by atoms with van der Waals surface area (Å²) in [4.78, 5) is 27.7. The highest BCUT2D eigenvalue weighted by atomic mass is 16.6. The molecule has 1 fully saturated rings. The second-order valence-electron chi connectivity index (χ2n) is 9.05. The molecule has 2 amide bonds. The third kappa shape index (κ3) is 5.31. The van der Waals surface area contributed by atoms with Gasteiger partial charge in [0.2, 0.25) is 5.91 Å². The van der Waals surface area contributed by atoms with Crippen LogP contribution < -0.4 is 5.73 Å². The lowest BCUT2D eigenvalue weighted by molar-refractivity contribution is -0.129. The number of hydrogen-bond donors (Lipinski definition) is 1. The number of carbonyl (C=O) groups excluding carboxylic acids is 2. The van der Waals surface area contributed by atoms with Crippen molar-refractivity contribution in [3.63, 3.8) is 0 Å². The number of rotatable bonds is 2. The lowest BCUT2D eigenvalue weighted by atomic mass is 9.86. The van der Waals surface area contributed by atoms with E-state index in [2.05, 4.69) is 18.2 Å². The molecule has 6 heteroatoms. The van der Waals surface area contributed by atoms with Crippen LogP contribution in [0.5, 0.6) is 0 Å². The minimum atomic E-state index is -0.508. The molecule has 3 rings (SSSR count). The van der Waals surface area contributed by atoms with Gasteiger partial charge in [0.25, 0.3) is 0 Å². The predicted molar refractivity (Wildman–Crippen MR) is 115 cm³/mol. The molecule has 0 spiro atoms. The molecule has 0 radical (unpaired) electrons. The van der Waals surface area contributed by atoms with Crippen molar-refractivity contribution < 1.29 is 14.3 Å². The second-order valence-corrected chi connectivity index (χ2v) is 9.05. The minimum absolute atomic E-state index is 0.149. The summed E-state index contributed by atoms with van der Waals surface area (Å²) in [5.41, 5.74) is 9.86. The highest BCUT2D eigenvalue weighted by Gasteiger charge is 2.26. The zero-order valence-corrected chi connectivity index (χ0v) is 18.0. The number of nitrogens with zero attached hydrogens (tertiary/aromatic N) is 2. The molecular formula is C23H33N3O3. The quantitative estimate of drug-likeness (QED) is 0.762. The topological polar surface area (TPSA) is 75.9 Å². The molecule has 0 atom stereocenters. The van der Waals surface area contributed by atoms with E-state index in [1.807, 2.05) is 31.7 Å². The second kappa shape index (κ2) is 8.47. The fourth-order valence-electron chi connectivity index (χ4n) is 4.05. The average molecular weight is 400 g/mol. The van der Waals surface area contributed by atoms with E-state index in [1.165, 1.54) is 5.56 Å². The summed E-state index contributed by atoms with van der Waals surface area (Å²) in [6.07, 6.45) is 4.61. The van der Waals surface area contributed by atoms with Crippen LogP contribution in [0.15, 0.2) is 24.3 Å². The maximum atomic E-state index is 12.5. The zero-order valence-electron chi connectivity index (χ0n) is 18.0. The first-order valence-corrected chi connectivity index (χ1v) is 10.5. The molecular weight excluding hydrogens is 366 g/mol. The molecule has 0 bridgehead atoms. The highest BCUT2D eigenvalue weighted by Crippen LogP contribution is 2.33.